The number of aryl methyl sites for hydroxylation is 1. The SMILES string of the molecule is Cc1cc(N(CCCN)c2cccc(F)c2)ncn1. The van der Waals surface area contributed by atoms with Gasteiger partial charge in [0.15, 0.2) is 0 Å². The fourth-order valence-corrected chi connectivity index (χ4v) is 1.86. The summed E-state index contributed by atoms with van der Waals surface area (Å²) in [5, 5.41) is 0. The first-order valence-corrected chi connectivity index (χ1v) is 6.22. The Kier molecular flexibility index (Phi) is 4.41. The van der Waals surface area contributed by atoms with Crippen molar-refractivity contribution in [3.8, 4) is 0 Å². The standard InChI is InChI=1S/C14H17FN4/c1-11-8-14(18-10-17-11)19(7-3-6-16)13-5-2-4-12(15)9-13/h2,4-5,8-10H,3,6-7,16H2,1H3. The molecule has 1 aromatic heterocycles. The van der Waals surface area contributed by atoms with E-state index in [0.29, 0.717) is 13.1 Å². The number of halogens is 1. The van der Waals surface area contributed by atoms with E-state index in [2.05, 4.69) is 9.97 Å². The van der Waals surface area contributed by atoms with Gasteiger partial charge in [0.1, 0.15) is 18.0 Å². The van der Waals surface area contributed by atoms with Gasteiger partial charge in [-0.2, -0.15) is 0 Å². The molecule has 0 aliphatic rings. The molecule has 0 bridgehead atoms. The van der Waals surface area contributed by atoms with Gasteiger partial charge in [-0.05, 0) is 38.1 Å². The second-order valence-electron chi connectivity index (χ2n) is 4.29. The Bertz CT molecular complexity index is 499. The van der Waals surface area contributed by atoms with Crippen LogP contribution in [0.25, 0.3) is 0 Å². The van der Waals surface area contributed by atoms with E-state index in [1.165, 1.54) is 18.5 Å². The Morgan fingerprint density at radius 1 is 1.26 bits per heavy atom. The van der Waals surface area contributed by atoms with Crippen molar-refractivity contribution in [2.24, 2.45) is 5.73 Å². The summed E-state index contributed by atoms with van der Waals surface area (Å²) in [6.45, 7) is 3.17. The molecule has 100 valence electrons. The lowest BCUT2D eigenvalue weighted by atomic mass is 10.2. The van der Waals surface area contributed by atoms with Crippen LogP contribution in [0.2, 0.25) is 0 Å². The Balaban J connectivity index is 2.35. The highest BCUT2D eigenvalue weighted by Crippen LogP contribution is 2.24. The van der Waals surface area contributed by atoms with E-state index in [0.717, 1.165) is 23.6 Å². The zero-order valence-electron chi connectivity index (χ0n) is 10.9. The smallest absolute Gasteiger partial charge is 0.136 e. The van der Waals surface area contributed by atoms with E-state index in [-0.39, 0.29) is 5.82 Å². The number of anilines is 2. The second kappa shape index (κ2) is 6.24. The van der Waals surface area contributed by atoms with Crippen LogP contribution in [0.5, 0.6) is 0 Å². The topological polar surface area (TPSA) is 55.0 Å². The van der Waals surface area contributed by atoms with Crippen LogP contribution < -0.4 is 10.6 Å². The summed E-state index contributed by atoms with van der Waals surface area (Å²) in [5.41, 5.74) is 7.20. The van der Waals surface area contributed by atoms with Crippen LogP contribution in [0.3, 0.4) is 0 Å². The molecule has 0 atom stereocenters. The van der Waals surface area contributed by atoms with Crippen LogP contribution in [0, 0.1) is 12.7 Å². The van der Waals surface area contributed by atoms with Crippen molar-refractivity contribution in [3.05, 3.63) is 48.2 Å². The lowest BCUT2D eigenvalue weighted by Crippen LogP contribution is -2.22. The summed E-state index contributed by atoms with van der Waals surface area (Å²) < 4.78 is 13.4. The van der Waals surface area contributed by atoms with Gasteiger partial charge >= 0.3 is 0 Å². The molecule has 1 aromatic carbocycles. The van der Waals surface area contributed by atoms with Crippen LogP contribution in [0.4, 0.5) is 15.9 Å². The summed E-state index contributed by atoms with van der Waals surface area (Å²) in [4.78, 5) is 10.3. The average molecular weight is 260 g/mol. The molecular formula is C14H17FN4. The predicted octanol–water partition coefficient (Wildman–Crippen LogP) is 2.41. The quantitative estimate of drug-likeness (QED) is 0.897. The monoisotopic (exact) mass is 260 g/mol. The normalized spacial score (nSPS) is 10.5. The van der Waals surface area contributed by atoms with Crippen molar-refractivity contribution in [2.75, 3.05) is 18.0 Å². The van der Waals surface area contributed by atoms with Gasteiger partial charge in [0, 0.05) is 24.0 Å². The second-order valence-corrected chi connectivity index (χ2v) is 4.29. The number of aromatic nitrogens is 2. The van der Waals surface area contributed by atoms with Gasteiger partial charge in [-0.3, -0.25) is 0 Å². The minimum atomic E-state index is -0.263. The lowest BCUT2D eigenvalue weighted by molar-refractivity contribution is 0.627. The molecule has 2 rings (SSSR count). The van der Waals surface area contributed by atoms with Gasteiger partial charge < -0.3 is 10.6 Å². The first-order chi connectivity index (χ1) is 9.20. The molecule has 2 N–H and O–H groups in total. The molecule has 1 heterocycles. The van der Waals surface area contributed by atoms with Gasteiger partial charge in [-0.1, -0.05) is 6.07 Å². The molecule has 0 unspecified atom stereocenters. The Morgan fingerprint density at radius 2 is 2.11 bits per heavy atom. The highest BCUT2D eigenvalue weighted by Gasteiger charge is 2.11. The maximum atomic E-state index is 13.4. The van der Waals surface area contributed by atoms with Crippen LogP contribution >= 0.6 is 0 Å². The number of hydrogen-bond acceptors (Lipinski definition) is 4. The Hall–Kier alpha value is -2.01. The van der Waals surface area contributed by atoms with Crippen molar-refractivity contribution in [1.29, 1.82) is 0 Å². The highest BCUT2D eigenvalue weighted by molar-refractivity contribution is 5.59. The number of nitrogens with zero attached hydrogens (tertiary/aromatic N) is 3. The summed E-state index contributed by atoms with van der Waals surface area (Å²) in [7, 11) is 0. The van der Waals surface area contributed by atoms with Gasteiger partial charge in [0.25, 0.3) is 0 Å². The van der Waals surface area contributed by atoms with Crippen LogP contribution in [0.1, 0.15) is 12.1 Å². The largest absolute Gasteiger partial charge is 0.330 e. The lowest BCUT2D eigenvalue weighted by Gasteiger charge is -2.23. The number of nitrogens with two attached hydrogens (primary N) is 1. The maximum Gasteiger partial charge on any atom is 0.136 e. The van der Waals surface area contributed by atoms with Crippen molar-refractivity contribution >= 4 is 11.5 Å². The van der Waals surface area contributed by atoms with E-state index >= 15 is 0 Å². The molecule has 2 aromatic rings. The highest BCUT2D eigenvalue weighted by atomic mass is 19.1. The molecule has 0 spiro atoms. The molecule has 0 aliphatic heterocycles. The van der Waals surface area contributed by atoms with Crippen LogP contribution in [-0.4, -0.2) is 23.1 Å². The van der Waals surface area contributed by atoms with Crippen molar-refractivity contribution in [2.45, 2.75) is 13.3 Å². The molecule has 5 heteroatoms. The number of rotatable bonds is 5. The molecule has 0 fully saturated rings. The maximum absolute atomic E-state index is 13.4. The number of hydrogen-bond donors (Lipinski definition) is 1. The summed E-state index contributed by atoms with van der Waals surface area (Å²) in [6.07, 6.45) is 2.32. The van der Waals surface area contributed by atoms with Gasteiger partial charge in [0.2, 0.25) is 0 Å². The fourth-order valence-electron chi connectivity index (χ4n) is 1.86. The molecule has 0 saturated heterocycles. The molecule has 0 saturated carbocycles. The summed E-state index contributed by atoms with van der Waals surface area (Å²) in [5.74, 6) is 0.493. The average Bonchev–Trinajstić information content (AvgIpc) is 2.39. The molecule has 19 heavy (non-hydrogen) atoms. The van der Waals surface area contributed by atoms with Crippen LogP contribution in [-0.2, 0) is 0 Å². The molecule has 4 nitrogen and oxygen atoms in total. The van der Waals surface area contributed by atoms with Gasteiger partial charge in [-0.15, -0.1) is 0 Å². The van der Waals surface area contributed by atoms with E-state index in [9.17, 15) is 4.39 Å². The minimum Gasteiger partial charge on any atom is -0.330 e. The third-order valence-electron chi connectivity index (χ3n) is 2.77. The van der Waals surface area contributed by atoms with Crippen molar-refractivity contribution < 1.29 is 4.39 Å². The van der Waals surface area contributed by atoms with Crippen molar-refractivity contribution in [1.82, 2.24) is 9.97 Å². The molecule has 0 amide bonds. The van der Waals surface area contributed by atoms with E-state index in [4.69, 9.17) is 5.73 Å². The molecular weight excluding hydrogens is 243 g/mol. The van der Waals surface area contributed by atoms with E-state index in [1.807, 2.05) is 24.0 Å². The third-order valence-corrected chi connectivity index (χ3v) is 2.77. The zero-order chi connectivity index (χ0) is 13.7. The van der Waals surface area contributed by atoms with Crippen molar-refractivity contribution in [3.63, 3.8) is 0 Å². The first-order valence-electron chi connectivity index (χ1n) is 6.22. The predicted molar refractivity (Wildman–Crippen MR) is 73.8 cm³/mol. The number of benzene rings is 1. The van der Waals surface area contributed by atoms with Gasteiger partial charge in [0.05, 0.1) is 0 Å². The molecule has 0 radical (unpaired) electrons. The third kappa shape index (κ3) is 3.48. The summed E-state index contributed by atoms with van der Waals surface area (Å²) in [6, 6.07) is 8.34. The van der Waals surface area contributed by atoms with Gasteiger partial charge in [-0.25, -0.2) is 14.4 Å². The zero-order valence-corrected chi connectivity index (χ0v) is 10.9. The summed E-state index contributed by atoms with van der Waals surface area (Å²) >= 11 is 0. The Morgan fingerprint density at radius 3 is 2.79 bits per heavy atom. The van der Waals surface area contributed by atoms with E-state index in [1.54, 1.807) is 6.07 Å². The minimum absolute atomic E-state index is 0.263. The Labute approximate surface area is 112 Å². The molecule has 0 aliphatic carbocycles. The van der Waals surface area contributed by atoms with Crippen LogP contribution in [0.15, 0.2) is 36.7 Å². The fraction of sp³-hybridized carbons (Fsp3) is 0.286. The first kappa shape index (κ1) is 13.4. The van der Waals surface area contributed by atoms with E-state index < -0.39 is 0 Å².